The lowest BCUT2D eigenvalue weighted by Gasteiger charge is -2.08. The minimum atomic E-state index is -0.831. The lowest BCUT2D eigenvalue weighted by atomic mass is 10.3. The van der Waals surface area contributed by atoms with Gasteiger partial charge in [-0.25, -0.2) is 18.6 Å². The number of amides is 2. The van der Waals surface area contributed by atoms with Crippen molar-refractivity contribution in [2.24, 2.45) is 0 Å². The van der Waals surface area contributed by atoms with Crippen LogP contribution in [0.3, 0.4) is 0 Å². The summed E-state index contributed by atoms with van der Waals surface area (Å²) in [5, 5.41) is 5.80. The predicted molar refractivity (Wildman–Crippen MR) is 92.3 cm³/mol. The topological polar surface area (TPSA) is 66.9 Å². The van der Waals surface area contributed by atoms with Crippen molar-refractivity contribution in [2.45, 2.75) is 13.5 Å². The third kappa shape index (κ3) is 4.16. The van der Waals surface area contributed by atoms with Crippen molar-refractivity contribution in [3.63, 3.8) is 0 Å². The van der Waals surface area contributed by atoms with Crippen LogP contribution in [0.5, 0.6) is 0 Å². The normalized spacial score (nSPS) is 10.5. The maximum absolute atomic E-state index is 13.5. The van der Waals surface area contributed by atoms with Gasteiger partial charge in [-0.05, 0) is 31.2 Å². The summed E-state index contributed by atoms with van der Waals surface area (Å²) in [7, 11) is 0. The molecule has 3 aromatic rings. The van der Waals surface area contributed by atoms with Crippen molar-refractivity contribution in [1.29, 1.82) is 0 Å². The van der Waals surface area contributed by atoms with E-state index in [9.17, 15) is 13.6 Å². The van der Waals surface area contributed by atoms with Gasteiger partial charge in [0, 0.05) is 28.9 Å². The molecule has 2 aromatic heterocycles. The molecule has 3 rings (SSSR count). The Morgan fingerprint density at radius 1 is 1.28 bits per heavy atom. The Morgan fingerprint density at radius 3 is 2.84 bits per heavy atom. The summed E-state index contributed by atoms with van der Waals surface area (Å²) in [5.74, 6) is -1.53. The maximum atomic E-state index is 13.5. The molecule has 2 heterocycles. The number of benzene rings is 1. The molecule has 128 valence electrons. The number of carbonyl (C=O) groups excluding carboxylic acids is 1. The van der Waals surface area contributed by atoms with E-state index < -0.39 is 17.7 Å². The van der Waals surface area contributed by atoms with Gasteiger partial charge in [0.25, 0.3) is 0 Å². The minimum Gasteiger partial charge on any atom is -0.333 e. The third-order valence-corrected chi connectivity index (χ3v) is 4.60. The fraction of sp³-hybridized carbons (Fsp3) is 0.118. The van der Waals surface area contributed by atoms with Gasteiger partial charge in [0.2, 0.25) is 0 Å². The van der Waals surface area contributed by atoms with Crippen molar-refractivity contribution in [3.8, 4) is 10.6 Å². The summed E-state index contributed by atoms with van der Waals surface area (Å²) < 4.78 is 26.4. The molecule has 0 unspecified atom stereocenters. The molecule has 2 N–H and O–H groups in total. The van der Waals surface area contributed by atoms with Crippen LogP contribution in [0.2, 0.25) is 0 Å². The van der Waals surface area contributed by atoms with Gasteiger partial charge in [0.1, 0.15) is 16.6 Å². The van der Waals surface area contributed by atoms with Crippen molar-refractivity contribution in [3.05, 3.63) is 64.9 Å². The first kappa shape index (κ1) is 17.0. The maximum Gasteiger partial charge on any atom is 0.319 e. The average Bonchev–Trinajstić information content (AvgIpc) is 2.97. The number of rotatable bonds is 4. The number of pyridine rings is 1. The summed E-state index contributed by atoms with van der Waals surface area (Å²) in [6.45, 7) is 2.10. The summed E-state index contributed by atoms with van der Waals surface area (Å²) >= 11 is 1.45. The van der Waals surface area contributed by atoms with E-state index in [0.29, 0.717) is 6.07 Å². The standard InChI is InChI=1S/C17H14F2N4OS/c1-10-15(25-16(22-10)11-3-2-6-20-8-11)9-21-17(24)23-14-5-4-12(18)7-13(14)19/h2-8H,9H2,1H3,(H2,21,23,24). The highest BCUT2D eigenvalue weighted by atomic mass is 32.1. The van der Waals surface area contributed by atoms with Gasteiger partial charge < -0.3 is 10.6 Å². The molecule has 0 saturated heterocycles. The van der Waals surface area contributed by atoms with E-state index in [-0.39, 0.29) is 12.2 Å². The van der Waals surface area contributed by atoms with Crippen LogP contribution in [0, 0.1) is 18.6 Å². The average molecular weight is 360 g/mol. The van der Waals surface area contributed by atoms with E-state index in [4.69, 9.17) is 0 Å². The molecule has 1 aromatic carbocycles. The second kappa shape index (κ2) is 7.35. The molecule has 0 fully saturated rings. The summed E-state index contributed by atoms with van der Waals surface area (Å²) in [6, 6.07) is 6.11. The summed E-state index contributed by atoms with van der Waals surface area (Å²) in [4.78, 5) is 21.3. The molecular weight excluding hydrogens is 346 g/mol. The first-order valence-corrected chi connectivity index (χ1v) is 8.21. The fourth-order valence-electron chi connectivity index (χ4n) is 2.12. The van der Waals surface area contributed by atoms with Gasteiger partial charge in [0.15, 0.2) is 0 Å². The first-order chi connectivity index (χ1) is 12.0. The van der Waals surface area contributed by atoms with E-state index in [1.807, 2.05) is 19.1 Å². The SMILES string of the molecule is Cc1nc(-c2cccnc2)sc1CNC(=O)Nc1ccc(F)cc1F. The summed E-state index contributed by atoms with van der Waals surface area (Å²) in [5.41, 5.74) is 1.62. The number of carbonyl (C=O) groups is 1. The Balaban J connectivity index is 1.63. The summed E-state index contributed by atoms with van der Waals surface area (Å²) in [6.07, 6.45) is 3.41. The van der Waals surface area contributed by atoms with Gasteiger partial charge in [-0.3, -0.25) is 4.98 Å². The molecule has 5 nitrogen and oxygen atoms in total. The molecular formula is C17H14F2N4OS. The lowest BCUT2D eigenvalue weighted by molar-refractivity contribution is 0.251. The second-order valence-electron chi connectivity index (χ2n) is 5.20. The van der Waals surface area contributed by atoms with Crippen LogP contribution in [-0.4, -0.2) is 16.0 Å². The molecule has 0 spiro atoms. The van der Waals surface area contributed by atoms with Crippen LogP contribution in [0.4, 0.5) is 19.3 Å². The van der Waals surface area contributed by atoms with Gasteiger partial charge in [0.05, 0.1) is 17.9 Å². The molecule has 0 radical (unpaired) electrons. The zero-order chi connectivity index (χ0) is 17.8. The molecule has 8 heteroatoms. The van der Waals surface area contributed by atoms with Crippen molar-refractivity contribution in [1.82, 2.24) is 15.3 Å². The molecule has 0 saturated carbocycles. The number of nitrogens with one attached hydrogen (secondary N) is 2. The first-order valence-electron chi connectivity index (χ1n) is 7.39. The van der Waals surface area contributed by atoms with Crippen LogP contribution in [0.15, 0.2) is 42.7 Å². The Morgan fingerprint density at radius 2 is 2.12 bits per heavy atom. The minimum absolute atomic E-state index is 0.0871. The Bertz CT molecular complexity index is 899. The fourth-order valence-corrected chi connectivity index (χ4v) is 3.11. The molecule has 2 amide bonds. The smallest absolute Gasteiger partial charge is 0.319 e. The molecule has 0 aliphatic rings. The van der Waals surface area contributed by atoms with Crippen molar-refractivity contribution in [2.75, 3.05) is 5.32 Å². The van der Waals surface area contributed by atoms with Crippen LogP contribution in [0.1, 0.15) is 10.6 Å². The number of anilines is 1. The Hall–Kier alpha value is -2.87. The number of aromatic nitrogens is 2. The van der Waals surface area contributed by atoms with Crippen molar-refractivity contribution < 1.29 is 13.6 Å². The second-order valence-corrected chi connectivity index (χ2v) is 6.28. The zero-order valence-corrected chi connectivity index (χ0v) is 14.0. The number of hydrogen-bond acceptors (Lipinski definition) is 4. The highest BCUT2D eigenvalue weighted by molar-refractivity contribution is 7.15. The Labute approximate surface area is 146 Å². The van der Waals surface area contributed by atoms with E-state index in [2.05, 4.69) is 20.6 Å². The lowest BCUT2D eigenvalue weighted by Crippen LogP contribution is -2.28. The van der Waals surface area contributed by atoms with E-state index in [1.54, 1.807) is 12.4 Å². The quantitative estimate of drug-likeness (QED) is 0.736. The van der Waals surface area contributed by atoms with Crippen LogP contribution in [-0.2, 0) is 6.54 Å². The molecule has 0 aliphatic carbocycles. The molecule has 0 atom stereocenters. The van der Waals surface area contributed by atoms with E-state index >= 15 is 0 Å². The number of hydrogen-bond donors (Lipinski definition) is 2. The predicted octanol–water partition coefficient (Wildman–Crippen LogP) is 4.11. The number of halogens is 2. The molecule has 25 heavy (non-hydrogen) atoms. The Kier molecular flexibility index (Phi) is 4.99. The number of nitrogens with zero attached hydrogens (tertiary/aromatic N) is 2. The van der Waals surface area contributed by atoms with Gasteiger partial charge in [-0.1, -0.05) is 0 Å². The molecule has 0 aliphatic heterocycles. The highest BCUT2D eigenvalue weighted by Gasteiger charge is 2.12. The van der Waals surface area contributed by atoms with Gasteiger partial charge in [-0.2, -0.15) is 0 Å². The third-order valence-electron chi connectivity index (χ3n) is 3.39. The van der Waals surface area contributed by atoms with Crippen LogP contribution in [0.25, 0.3) is 10.6 Å². The van der Waals surface area contributed by atoms with Crippen molar-refractivity contribution >= 4 is 23.1 Å². The van der Waals surface area contributed by atoms with Gasteiger partial charge in [-0.15, -0.1) is 11.3 Å². The molecule has 0 bridgehead atoms. The largest absolute Gasteiger partial charge is 0.333 e. The zero-order valence-electron chi connectivity index (χ0n) is 13.2. The number of aryl methyl sites for hydroxylation is 1. The van der Waals surface area contributed by atoms with E-state index in [1.165, 1.54) is 17.4 Å². The van der Waals surface area contributed by atoms with Crippen LogP contribution < -0.4 is 10.6 Å². The van der Waals surface area contributed by atoms with Crippen LogP contribution >= 0.6 is 11.3 Å². The highest BCUT2D eigenvalue weighted by Crippen LogP contribution is 2.27. The number of thiazole rings is 1. The van der Waals surface area contributed by atoms with E-state index in [0.717, 1.165) is 27.2 Å². The number of urea groups is 1. The monoisotopic (exact) mass is 360 g/mol. The van der Waals surface area contributed by atoms with Gasteiger partial charge >= 0.3 is 6.03 Å².